The van der Waals surface area contributed by atoms with Crippen molar-refractivity contribution in [3.63, 3.8) is 0 Å². The summed E-state index contributed by atoms with van der Waals surface area (Å²) in [5, 5.41) is 0.397. The Balaban J connectivity index is 1.46. The standard InChI is InChI=1S/C27H21ClF6N4O2/c28-21-3-1-2-4-22(21)38-16-37(20-5-9-35-10-6-20)24(40)25(38)7-11-36(12-8-25)23(39)17-13-18(26(29,30)31)15-19(14-17)27(32,33)34/h1-6,9-10,13-15H,7-8,11-12,16H2. The monoisotopic (exact) mass is 582 g/mol. The average molecular weight is 583 g/mol. The molecule has 0 bridgehead atoms. The molecule has 2 fully saturated rings. The van der Waals surface area contributed by atoms with Crippen molar-refractivity contribution < 1.29 is 35.9 Å². The van der Waals surface area contributed by atoms with Crippen LogP contribution in [0.4, 0.5) is 37.7 Å². The average Bonchev–Trinajstić information content (AvgIpc) is 3.19. The van der Waals surface area contributed by atoms with Crippen LogP contribution < -0.4 is 9.80 Å². The van der Waals surface area contributed by atoms with Gasteiger partial charge in [-0.05, 0) is 55.3 Å². The number of piperidine rings is 1. The quantitative estimate of drug-likeness (QED) is 0.342. The van der Waals surface area contributed by atoms with Gasteiger partial charge >= 0.3 is 12.4 Å². The number of amides is 2. The Morgan fingerprint density at radius 3 is 2.00 bits per heavy atom. The molecule has 0 radical (unpaired) electrons. The summed E-state index contributed by atoms with van der Waals surface area (Å²) in [7, 11) is 0. The molecule has 3 aromatic rings. The summed E-state index contributed by atoms with van der Waals surface area (Å²) in [6.45, 7) is -0.0102. The van der Waals surface area contributed by atoms with Crippen LogP contribution in [0.5, 0.6) is 0 Å². The molecule has 0 aliphatic carbocycles. The van der Waals surface area contributed by atoms with E-state index in [0.717, 1.165) is 0 Å². The third kappa shape index (κ3) is 4.96. The highest BCUT2D eigenvalue weighted by atomic mass is 35.5. The van der Waals surface area contributed by atoms with Crippen molar-refractivity contribution in [2.45, 2.75) is 30.7 Å². The van der Waals surface area contributed by atoms with Crippen LogP contribution in [-0.4, -0.2) is 47.0 Å². The number of anilines is 2. The van der Waals surface area contributed by atoms with Crippen molar-refractivity contribution in [3.8, 4) is 0 Å². The predicted molar refractivity (Wildman–Crippen MR) is 135 cm³/mol. The minimum atomic E-state index is -5.08. The number of benzene rings is 2. The first kappa shape index (κ1) is 27.8. The van der Waals surface area contributed by atoms with E-state index in [1.165, 1.54) is 4.90 Å². The highest BCUT2D eigenvalue weighted by Crippen LogP contribution is 2.44. The Kier molecular flexibility index (Phi) is 6.93. The summed E-state index contributed by atoms with van der Waals surface area (Å²) in [5.41, 5.74) is -3.82. The highest BCUT2D eigenvalue weighted by Gasteiger charge is 2.55. The van der Waals surface area contributed by atoms with Crippen molar-refractivity contribution in [1.82, 2.24) is 9.88 Å². The van der Waals surface area contributed by atoms with Gasteiger partial charge in [0.1, 0.15) is 5.54 Å². The molecular weight excluding hydrogens is 562 g/mol. The van der Waals surface area contributed by atoms with E-state index in [1.54, 1.807) is 53.7 Å². The molecule has 2 aromatic carbocycles. The van der Waals surface area contributed by atoms with Crippen LogP contribution in [0.15, 0.2) is 67.0 Å². The zero-order valence-electron chi connectivity index (χ0n) is 20.6. The number of nitrogens with zero attached hydrogens (tertiary/aromatic N) is 4. The van der Waals surface area contributed by atoms with Crippen LogP contribution in [0, 0.1) is 0 Å². The van der Waals surface area contributed by atoms with Gasteiger partial charge in [0.15, 0.2) is 0 Å². The third-order valence-electron chi connectivity index (χ3n) is 7.27. The minimum absolute atomic E-state index is 0.0195. The SMILES string of the molecule is O=C(c1cc(C(F)(F)F)cc(C(F)(F)F)c1)N1CCC2(CC1)C(=O)N(c1ccncc1)CN2c1ccccc1Cl. The van der Waals surface area contributed by atoms with Gasteiger partial charge in [-0.25, -0.2) is 0 Å². The van der Waals surface area contributed by atoms with Crippen molar-refractivity contribution in [3.05, 3.63) is 88.7 Å². The van der Waals surface area contributed by atoms with Crippen molar-refractivity contribution in [1.29, 1.82) is 0 Å². The molecule has 5 rings (SSSR count). The van der Waals surface area contributed by atoms with Gasteiger partial charge < -0.3 is 9.80 Å². The van der Waals surface area contributed by atoms with E-state index < -0.39 is 40.5 Å². The molecular formula is C27H21ClF6N4O2. The first-order chi connectivity index (χ1) is 18.8. The lowest BCUT2D eigenvalue weighted by Gasteiger charge is -2.43. The van der Waals surface area contributed by atoms with Gasteiger partial charge in [-0.2, -0.15) is 26.3 Å². The maximum atomic E-state index is 13.9. The molecule has 2 amide bonds. The Bertz CT molecular complexity index is 1410. The lowest BCUT2D eigenvalue weighted by Crippen LogP contribution is -2.57. The molecule has 0 N–H and O–H groups in total. The Morgan fingerprint density at radius 2 is 1.45 bits per heavy atom. The van der Waals surface area contributed by atoms with Gasteiger partial charge in [0, 0.05) is 36.7 Å². The van der Waals surface area contributed by atoms with E-state index in [4.69, 9.17) is 11.6 Å². The van der Waals surface area contributed by atoms with Gasteiger partial charge in [-0.1, -0.05) is 23.7 Å². The molecule has 0 saturated carbocycles. The summed E-state index contributed by atoms with van der Waals surface area (Å²) in [4.78, 5) is 35.6. The van der Waals surface area contributed by atoms with Gasteiger partial charge in [0.05, 0.1) is 28.5 Å². The largest absolute Gasteiger partial charge is 0.416 e. The number of hydrogen-bond donors (Lipinski definition) is 0. The fraction of sp³-hybridized carbons (Fsp3) is 0.296. The van der Waals surface area contributed by atoms with Gasteiger partial charge in [0.25, 0.3) is 11.8 Å². The second kappa shape index (κ2) is 9.99. The van der Waals surface area contributed by atoms with Crippen LogP contribution >= 0.6 is 11.6 Å². The normalized spacial score (nSPS) is 17.6. The van der Waals surface area contributed by atoms with E-state index in [0.29, 0.717) is 28.5 Å². The summed E-state index contributed by atoms with van der Waals surface area (Å²) in [5.74, 6) is -1.24. The van der Waals surface area contributed by atoms with Crippen LogP contribution in [-0.2, 0) is 17.1 Å². The molecule has 2 saturated heterocycles. The van der Waals surface area contributed by atoms with Gasteiger partial charge in [-0.15, -0.1) is 0 Å². The first-order valence-corrected chi connectivity index (χ1v) is 12.5. The molecule has 2 aliphatic heterocycles. The fourth-order valence-electron chi connectivity index (χ4n) is 5.23. The minimum Gasteiger partial charge on any atom is -0.338 e. The van der Waals surface area contributed by atoms with E-state index in [-0.39, 0.29) is 44.6 Å². The van der Waals surface area contributed by atoms with Crippen LogP contribution in [0.2, 0.25) is 5.02 Å². The summed E-state index contributed by atoms with van der Waals surface area (Å²) in [6, 6.07) is 11.1. The molecule has 1 spiro atoms. The second-order valence-corrected chi connectivity index (χ2v) is 9.99. The molecule has 0 unspecified atom stereocenters. The Morgan fingerprint density at radius 1 is 0.875 bits per heavy atom. The second-order valence-electron chi connectivity index (χ2n) is 9.58. The molecule has 13 heteroatoms. The maximum absolute atomic E-state index is 13.9. The third-order valence-corrected chi connectivity index (χ3v) is 7.59. The fourth-order valence-corrected chi connectivity index (χ4v) is 5.47. The number of carbonyl (C=O) groups excluding carboxylic acids is 2. The Labute approximate surface area is 229 Å². The smallest absolute Gasteiger partial charge is 0.338 e. The predicted octanol–water partition coefficient (Wildman–Crippen LogP) is 6.26. The topological polar surface area (TPSA) is 56.8 Å². The molecule has 40 heavy (non-hydrogen) atoms. The molecule has 210 valence electrons. The van der Waals surface area contributed by atoms with E-state index in [2.05, 4.69) is 4.98 Å². The number of pyridine rings is 1. The van der Waals surface area contributed by atoms with Crippen molar-refractivity contribution in [2.75, 3.05) is 29.6 Å². The summed E-state index contributed by atoms with van der Waals surface area (Å²) >= 11 is 6.48. The number of alkyl halides is 6. The van der Waals surface area contributed by atoms with Gasteiger partial charge in [-0.3, -0.25) is 19.5 Å². The Hall–Kier alpha value is -3.80. The number of rotatable bonds is 3. The first-order valence-electron chi connectivity index (χ1n) is 12.1. The molecule has 0 atom stereocenters. The zero-order chi connectivity index (χ0) is 28.9. The lowest BCUT2D eigenvalue weighted by atomic mass is 9.85. The van der Waals surface area contributed by atoms with Gasteiger partial charge in [0.2, 0.25) is 0 Å². The zero-order valence-corrected chi connectivity index (χ0v) is 21.4. The molecule has 3 heterocycles. The number of likely N-dealkylation sites (tertiary alicyclic amines) is 1. The summed E-state index contributed by atoms with van der Waals surface area (Å²) in [6.07, 6.45) is -6.92. The molecule has 1 aromatic heterocycles. The number of hydrogen-bond acceptors (Lipinski definition) is 4. The van der Waals surface area contributed by atoms with Crippen LogP contribution in [0.1, 0.15) is 34.3 Å². The number of carbonyl (C=O) groups is 2. The highest BCUT2D eigenvalue weighted by molar-refractivity contribution is 6.33. The van der Waals surface area contributed by atoms with Crippen LogP contribution in [0.25, 0.3) is 0 Å². The lowest BCUT2D eigenvalue weighted by molar-refractivity contribution is -0.143. The number of aromatic nitrogens is 1. The van der Waals surface area contributed by atoms with E-state index in [1.807, 2.05) is 4.90 Å². The van der Waals surface area contributed by atoms with Crippen molar-refractivity contribution >= 4 is 34.8 Å². The molecule has 2 aliphatic rings. The van der Waals surface area contributed by atoms with E-state index >= 15 is 0 Å². The maximum Gasteiger partial charge on any atom is 0.416 e. The van der Waals surface area contributed by atoms with Crippen molar-refractivity contribution in [2.24, 2.45) is 0 Å². The molecule has 6 nitrogen and oxygen atoms in total. The summed E-state index contributed by atoms with van der Waals surface area (Å²) < 4.78 is 80.1. The number of halogens is 7. The van der Waals surface area contributed by atoms with E-state index in [9.17, 15) is 35.9 Å². The van der Waals surface area contributed by atoms with Crippen LogP contribution in [0.3, 0.4) is 0 Å². The number of para-hydroxylation sites is 1.